The molecule has 0 bridgehead atoms. The van der Waals surface area contributed by atoms with Crippen LogP contribution in [0.4, 0.5) is 4.39 Å². The Kier molecular flexibility index (Phi) is 5.70. The maximum atomic E-state index is 14.1. The third kappa shape index (κ3) is 4.51. The van der Waals surface area contributed by atoms with E-state index in [1.807, 2.05) is 26.0 Å². The van der Waals surface area contributed by atoms with Crippen molar-refractivity contribution in [3.05, 3.63) is 58.1 Å². The van der Waals surface area contributed by atoms with Crippen molar-refractivity contribution >= 4 is 15.9 Å². The summed E-state index contributed by atoms with van der Waals surface area (Å²) in [4.78, 5) is 4.21. The van der Waals surface area contributed by atoms with Crippen LogP contribution in [0.15, 0.2) is 41.0 Å². The molecular formula is C16H18BrFN2O. The standard InChI is InChI=1S/C16H18BrFN2O/c1-3-19-11(2)15-7-6-14(8-16(15)18)21-10-13-5-4-12(17)9-20-13/h4-9,11,19H,3,10H2,1-2H3. The van der Waals surface area contributed by atoms with Gasteiger partial charge < -0.3 is 10.1 Å². The van der Waals surface area contributed by atoms with Crippen molar-refractivity contribution in [2.24, 2.45) is 0 Å². The molecule has 1 aromatic heterocycles. The first-order valence-electron chi connectivity index (χ1n) is 6.86. The lowest BCUT2D eigenvalue weighted by atomic mass is 10.1. The Hall–Kier alpha value is -1.46. The smallest absolute Gasteiger partial charge is 0.131 e. The number of nitrogens with zero attached hydrogens (tertiary/aromatic N) is 1. The first-order valence-corrected chi connectivity index (χ1v) is 7.65. The predicted octanol–water partition coefficient (Wildman–Crippen LogP) is 4.23. The van der Waals surface area contributed by atoms with Crippen LogP contribution in [0.3, 0.4) is 0 Å². The summed E-state index contributed by atoms with van der Waals surface area (Å²) in [6.07, 6.45) is 1.71. The molecule has 112 valence electrons. The summed E-state index contributed by atoms with van der Waals surface area (Å²) in [5.74, 6) is 0.245. The molecule has 3 nitrogen and oxygen atoms in total. The molecule has 1 atom stereocenters. The van der Waals surface area contributed by atoms with Gasteiger partial charge in [-0.3, -0.25) is 4.98 Å². The Morgan fingerprint density at radius 3 is 2.76 bits per heavy atom. The predicted molar refractivity (Wildman–Crippen MR) is 84.8 cm³/mol. The van der Waals surface area contributed by atoms with Gasteiger partial charge in [-0.1, -0.05) is 13.0 Å². The molecule has 1 N–H and O–H groups in total. The number of rotatable bonds is 6. The second kappa shape index (κ2) is 7.52. The zero-order valence-electron chi connectivity index (χ0n) is 12.1. The number of aromatic nitrogens is 1. The Morgan fingerprint density at radius 2 is 2.14 bits per heavy atom. The third-order valence-electron chi connectivity index (χ3n) is 3.12. The molecule has 0 spiro atoms. The summed E-state index contributed by atoms with van der Waals surface area (Å²) in [5, 5.41) is 3.19. The van der Waals surface area contributed by atoms with Crippen LogP contribution >= 0.6 is 15.9 Å². The molecule has 5 heteroatoms. The summed E-state index contributed by atoms with van der Waals surface area (Å²) in [5.41, 5.74) is 1.44. The summed E-state index contributed by atoms with van der Waals surface area (Å²) in [6.45, 7) is 5.05. The van der Waals surface area contributed by atoms with Gasteiger partial charge in [0.2, 0.25) is 0 Å². The van der Waals surface area contributed by atoms with Crippen LogP contribution in [0, 0.1) is 5.82 Å². The molecule has 1 unspecified atom stereocenters. The van der Waals surface area contributed by atoms with Gasteiger partial charge in [0.15, 0.2) is 0 Å². The van der Waals surface area contributed by atoms with E-state index in [2.05, 4.69) is 26.2 Å². The van der Waals surface area contributed by atoms with Gasteiger partial charge in [-0.25, -0.2) is 4.39 Å². The van der Waals surface area contributed by atoms with Gasteiger partial charge in [-0.15, -0.1) is 0 Å². The summed E-state index contributed by atoms with van der Waals surface area (Å²) < 4.78 is 20.5. The van der Waals surface area contributed by atoms with Crippen LogP contribution in [-0.2, 0) is 6.61 Å². The monoisotopic (exact) mass is 352 g/mol. The molecule has 0 aliphatic heterocycles. The van der Waals surface area contributed by atoms with E-state index in [0.29, 0.717) is 17.9 Å². The van der Waals surface area contributed by atoms with Crippen LogP contribution in [0.2, 0.25) is 0 Å². The van der Waals surface area contributed by atoms with Crippen molar-refractivity contribution in [1.29, 1.82) is 0 Å². The maximum Gasteiger partial charge on any atom is 0.131 e. The summed E-state index contributed by atoms with van der Waals surface area (Å²) in [7, 11) is 0. The molecule has 0 aliphatic carbocycles. The van der Waals surface area contributed by atoms with Crippen molar-refractivity contribution in [3.63, 3.8) is 0 Å². The van der Waals surface area contributed by atoms with E-state index in [4.69, 9.17) is 4.74 Å². The lowest BCUT2D eigenvalue weighted by Gasteiger charge is -2.14. The summed E-state index contributed by atoms with van der Waals surface area (Å²) >= 11 is 3.33. The second-order valence-electron chi connectivity index (χ2n) is 4.72. The van der Waals surface area contributed by atoms with Crippen LogP contribution in [-0.4, -0.2) is 11.5 Å². The number of hydrogen-bond acceptors (Lipinski definition) is 3. The molecule has 2 rings (SSSR count). The van der Waals surface area contributed by atoms with E-state index in [0.717, 1.165) is 16.7 Å². The molecule has 0 aliphatic rings. The number of benzene rings is 1. The SMILES string of the molecule is CCNC(C)c1ccc(OCc2ccc(Br)cn2)cc1F. The molecule has 0 saturated heterocycles. The molecule has 1 aromatic carbocycles. The van der Waals surface area contributed by atoms with Crippen LogP contribution in [0.25, 0.3) is 0 Å². The van der Waals surface area contributed by atoms with E-state index in [-0.39, 0.29) is 11.9 Å². The highest BCUT2D eigenvalue weighted by Gasteiger charge is 2.10. The first kappa shape index (κ1) is 15.9. The average Bonchev–Trinajstić information content (AvgIpc) is 2.47. The van der Waals surface area contributed by atoms with E-state index in [1.54, 1.807) is 18.3 Å². The Bertz CT molecular complexity index is 589. The Balaban J connectivity index is 2.01. The van der Waals surface area contributed by atoms with Crippen molar-refractivity contribution in [1.82, 2.24) is 10.3 Å². The van der Waals surface area contributed by atoms with Gasteiger partial charge >= 0.3 is 0 Å². The first-order chi connectivity index (χ1) is 10.1. The fraction of sp³-hybridized carbons (Fsp3) is 0.312. The minimum Gasteiger partial charge on any atom is -0.487 e. The zero-order valence-corrected chi connectivity index (χ0v) is 13.7. The van der Waals surface area contributed by atoms with Gasteiger partial charge in [0, 0.05) is 28.3 Å². The fourth-order valence-electron chi connectivity index (χ4n) is 2.01. The molecule has 2 aromatic rings. The van der Waals surface area contributed by atoms with Crippen molar-refractivity contribution in [2.75, 3.05) is 6.54 Å². The molecule has 0 amide bonds. The quantitative estimate of drug-likeness (QED) is 0.844. The van der Waals surface area contributed by atoms with Crippen LogP contribution < -0.4 is 10.1 Å². The minimum absolute atomic E-state index is 0.0165. The fourth-order valence-corrected chi connectivity index (χ4v) is 2.25. The Morgan fingerprint density at radius 1 is 1.33 bits per heavy atom. The number of halogens is 2. The lowest BCUT2D eigenvalue weighted by molar-refractivity contribution is 0.299. The van der Waals surface area contributed by atoms with E-state index in [1.165, 1.54) is 6.07 Å². The van der Waals surface area contributed by atoms with Crippen LogP contribution in [0.5, 0.6) is 5.75 Å². The topological polar surface area (TPSA) is 34.1 Å². The minimum atomic E-state index is -0.260. The molecular weight excluding hydrogens is 335 g/mol. The van der Waals surface area contributed by atoms with Crippen molar-refractivity contribution in [3.8, 4) is 5.75 Å². The van der Waals surface area contributed by atoms with Crippen LogP contribution in [0.1, 0.15) is 31.1 Å². The number of ether oxygens (including phenoxy) is 1. The number of pyridine rings is 1. The zero-order chi connectivity index (χ0) is 15.2. The molecule has 1 heterocycles. The second-order valence-corrected chi connectivity index (χ2v) is 5.63. The van der Waals surface area contributed by atoms with Crippen molar-refractivity contribution in [2.45, 2.75) is 26.5 Å². The molecule has 0 saturated carbocycles. The number of nitrogens with one attached hydrogen (secondary N) is 1. The lowest BCUT2D eigenvalue weighted by Crippen LogP contribution is -2.18. The highest BCUT2D eigenvalue weighted by atomic mass is 79.9. The van der Waals surface area contributed by atoms with Crippen molar-refractivity contribution < 1.29 is 9.13 Å². The largest absolute Gasteiger partial charge is 0.487 e. The molecule has 21 heavy (non-hydrogen) atoms. The highest BCUT2D eigenvalue weighted by molar-refractivity contribution is 9.10. The van der Waals surface area contributed by atoms with Gasteiger partial charge in [0.1, 0.15) is 18.2 Å². The Labute approximate surface area is 132 Å². The van der Waals surface area contributed by atoms with Gasteiger partial charge in [-0.2, -0.15) is 0 Å². The molecule has 0 radical (unpaired) electrons. The van der Waals surface area contributed by atoms with Gasteiger partial charge in [0.25, 0.3) is 0 Å². The average molecular weight is 353 g/mol. The van der Waals surface area contributed by atoms with Gasteiger partial charge in [-0.05, 0) is 47.6 Å². The van der Waals surface area contributed by atoms with E-state index >= 15 is 0 Å². The highest BCUT2D eigenvalue weighted by Crippen LogP contribution is 2.22. The van der Waals surface area contributed by atoms with E-state index in [9.17, 15) is 4.39 Å². The molecule has 0 fully saturated rings. The summed E-state index contributed by atoms with van der Waals surface area (Å²) in [6, 6.07) is 8.70. The normalized spacial score (nSPS) is 12.2. The number of hydrogen-bond donors (Lipinski definition) is 1. The third-order valence-corrected chi connectivity index (χ3v) is 3.59. The van der Waals surface area contributed by atoms with E-state index < -0.39 is 0 Å². The van der Waals surface area contributed by atoms with Gasteiger partial charge in [0.05, 0.1) is 5.69 Å². The maximum absolute atomic E-state index is 14.1.